The van der Waals surface area contributed by atoms with Crippen molar-refractivity contribution in [2.45, 2.75) is 25.3 Å². The largest absolute Gasteiger partial charge is 0.422 e. The van der Waals surface area contributed by atoms with Crippen molar-refractivity contribution in [3.05, 3.63) is 53.2 Å². The van der Waals surface area contributed by atoms with Gasteiger partial charge in [0.05, 0.1) is 6.42 Å². The number of oxazole rings is 1. The van der Waals surface area contributed by atoms with Crippen LogP contribution in [-0.4, -0.2) is 35.0 Å². The number of aromatic nitrogens is 2. The minimum absolute atomic E-state index is 0.0248. The maximum absolute atomic E-state index is 12.3. The van der Waals surface area contributed by atoms with E-state index in [4.69, 9.17) is 16.0 Å². The molecular formula is C19H19ClN4O2. The molecule has 7 heteroatoms. The van der Waals surface area contributed by atoms with Crippen molar-refractivity contribution in [2.24, 2.45) is 0 Å². The van der Waals surface area contributed by atoms with Crippen molar-refractivity contribution in [3.63, 3.8) is 0 Å². The Morgan fingerprint density at radius 2 is 2.12 bits per heavy atom. The summed E-state index contributed by atoms with van der Waals surface area (Å²) in [5.74, 6) is 0.0248. The van der Waals surface area contributed by atoms with Crippen molar-refractivity contribution in [1.29, 1.82) is 0 Å². The molecule has 1 fully saturated rings. The molecule has 0 unspecified atom stereocenters. The van der Waals surface area contributed by atoms with Crippen molar-refractivity contribution in [1.82, 2.24) is 15.3 Å². The van der Waals surface area contributed by atoms with Gasteiger partial charge < -0.3 is 14.6 Å². The van der Waals surface area contributed by atoms with Crippen LogP contribution >= 0.6 is 11.6 Å². The van der Waals surface area contributed by atoms with E-state index in [2.05, 4.69) is 20.2 Å². The normalized spacial score (nSPS) is 15.3. The van der Waals surface area contributed by atoms with Crippen LogP contribution in [0.1, 0.15) is 18.4 Å². The Morgan fingerprint density at radius 3 is 2.88 bits per heavy atom. The van der Waals surface area contributed by atoms with E-state index in [0.29, 0.717) is 28.7 Å². The van der Waals surface area contributed by atoms with Gasteiger partial charge in [0, 0.05) is 30.4 Å². The molecule has 1 aliphatic heterocycles. The zero-order valence-electron chi connectivity index (χ0n) is 14.2. The predicted octanol–water partition coefficient (Wildman–Crippen LogP) is 3.20. The molecule has 1 N–H and O–H groups in total. The molecule has 3 aromatic rings. The van der Waals surface area contributed by atoms with Crippen LogP contribution in [0.5, 0.6) is 0 Å². The second kappa shape index (κ2) is 7.33. The molecule has 2 aromatic heterocycles. The molecule has 0 radical (unpaired) electrons. The molecule has 0 bridgehead atoms. The highest BCUT2D eigenvalue weighted by Gasteiger charge is 2.24. The van der Waals surface area contributed by atoms with Gasteiger partial charge in [0.2, 0.25) is 11.6 Å². The Morgan fingerprint density at radius 1 is 1.27 bits per heavy atom. The number of carbonyl (C=O) groups excluding carboxylic acids is 1. The van der Waals surface area contributed by atoms with Crippen molar-refractivity contribution < 1.29 is 9.21 Å². The molecular weight excluding hydrogens is 352 g/mol. The number of nitrogens with one attached hydrogen (secondary N) is 1. The number of rotatable bonds is 4. The van der Waals surface area contributed by atoms with Gasteiger partial charge in [-0.1, -0.05) is 23.7 Å². The maximum Gasteiger partial charge on any atom is 0.299 e. The summed E-state index contributed by atoms with van der Waals surface area (Å²) in [6.07, 6.45) is 3.76. The molecule has 6 nitrogen and oxygen atoms in total. The topological polar surface area (TPSA) is 71.3 Å². The van der Waals surface area contributed by atoms with E-state index in [0.717, 1.165) is 31.5 Å². The Balaban J connectivity index is 1.31. The van der Waals surface area contributed by atoms with Crippen molar-refractivity contribution in [3.8, 4) is 0 Å². The van der Waals surface area contributed by atoms with Gasteiger partial charge in [-0.2, -0.15) is 4.98 Å². The summed E-state index contributed by atoms with van der Waals surface area (Å²) >= 11 is 5.97. The molecule has 1 saturated heterocycles. The third kappa shape index (κ3) is 3.80. The first-order chi connectivity index (χ1) is 12.7. The van der Waals surface area contributed by atoms with Crippen LogP contribution in [0.25, 0.3) is 11.2 Å². The Labute approximate surface area is 156 Å². The summed E-state index contributed by atoms with van der Waals surface area (Å²) in [6.45, 7) is 1.57. The molecule has 0 aliphatic carbocycles. The molecule has 3 heterocycles. The second-order valence-corrected chi connectivity index (χ2v) is 6.89. The predicted molar refractivity (Wildman–Crippen MR) is 100 cm³/mol. The molecule has 26 heavy (non-hydrogen) atoms. The van der Waals surface area contributed by atoms with Crippen LogP contribution in [0.3, 0.4) is 0 Å². The summed E-state index contributed by atoms with van der Waals surface area (Å²) in [5, 5.41) is 3.76. The van der Waals surface area contributed by atoms with Gasteiger partial charge in [0.15, 0.2) is 5.58 Å². The summed E-state index contributed by atoms with van der Waals surface area (Å²) < 4.78 is 5.77. The lowest BCUT2D eigenvalue weighted by molar-refractivity contribution is -0.121. The Kier molecular flexibility index (Phi) is 4.75. The van der Waals surface area contributed by atoms with E-state index in [1.807, 2.05) is 30.3 Å². The van der Waals surface area contributed by atoms with Crippen LogP contribution in [0.4, 0.5) is 6.01 Å². The first-order valence-electron chi connectivity index (χ1n) is 8.68. The fraction of sp³-hybridized carbons (Fsp3) is 0.316. The van der Waals surface area contributed by atoms with Crippen LogP contribution < -0.4 is 10.2 Å². The summed E-state index contributed by atoms with van der Waals surface area (Å²) in [5.41, 5.74) is 2.24. The highest BCUT2D eigenvalue weighted by Crippen LogP contribution is 2.23. The molecule has 0 saturated carbocycles. The standard InChI is InChI=1S/C19H19ClN4O2/c20-14-4-1-3-13(11-14)12-17(25)22-15-6-9-24(10-7-15)19-23-18-16(26-19)5-2-8-21-18/h1-5,8,11,15H,6-7,9-10,12H2,(H,22,25). The van der Waals surface area contributed by atoms with Gasteiger partial charge in [-0.3, -0.25) is 4.79 Å². The van der Waals surface area contributed by atoms with Gasteiger partial charge in [0.1, 0.15) is 0 Å². The van der Waals surface area contributed by atoms with E-state index in [1.54, 1.807) is 12.3 Å². The number of amides is 1. The number of carbonyl (C=O) groups is 1. The summed E-state index contributed by atoms with van der Waals surface area (Å²) in [6, 6.07) is 11.9. The minimum atomic E-state index is 0.0248. The third-order valence-corrected chi connectivity index (χ3v) is 4.77. The van der Waals surface area contributed by atoms with Crippen LogP contribution in [-0.2, 0) is 11.2 Å². The summed E-state index contributed by atoms with van der Waals surface area (Å²) in [4.78, 5) is 23.0. The Bertz CT molecular complexity index is 886. The van der Waals surface area contributed by atoms with E-state index in [9.17, 15) is 4.79 Å². The van der Waals surface area contributed by atoms with Gasteiger partial charge in [0.25, 0.3) is 6.01 Å². The number of nitrogens with zero attached hydrogens (tertiary/aromatic N) is 3. The number of halogens is 1. The zero-order valence-corrected chi connectivity index (χ0v) is 14.9. The number of benzene rings is 1. The van der Waals surface area contributed by atoms with E-state index < -0.39 is 0 Å². The fourth-order valence-corrected chi connectivity index (χ4v) is 3.43. The lowest BCUT2D eigenvalue weighted by Gasteiger charge is -2.31. The first-order valence-corrected chi connectivity index (χ1v) is 9.05. The minimum Gasteiger partial charge on any atom is -0.422 e. The Hall–Kier alpha value is -2.60. The molecule has 1 aliphatic rings. The second-order valence-electron chi connectivity index (χ2n) is 6.46. The zero-order chi connectivity index (χ0) is 17.9. The van der Waals surface area contributed by atoms with Gasteiger partial charge in [-0.15, -0.1) is 0 Å². The van der Waals surface area contributed by atoms with Crippen molar-refractivity contribution in [2.75, 3.05) is 18.0 Å². The molecule has 4 rings (SSSR count). The number of piperidine rings is 1. The summed E-state index contributed by atoms with van der Waals surface area (Å²) in [7, 11) is 0. The van der Waals surface area contributed by atoms with Gasteiger partial charge >= 0.3 is 0 Å². The number of pyridine rings is 1. The van der Waals surface area contributed by atoms with E-state index in [1.165, 1.54) is 0 Å². The average molecular weight is 371 g/mol. The number of anilines is 1. The number of fused-ring (bicyclic) bond motifs is 1. The fourth-order valence-electron chi connectivity index (χ4n) is 3.22. The monoisotopic (exact) mass is 370 g/mol. The molecule has 134 valence electrons. The maximum atomic E-state index is 12.3. The van der Waals surface area contributed by atoms with Gasteiger partial charge in [-0.25, -0.2) is 4.98 Å². The lowest BCUT2D eigenvalue weighted by atomic mass is 10.0. The molecule has 0 atom stereocenters. The average Bonchev–Trinajstić information content (AvgIpc) is 3.06. The molecule has 0 spiro atoms. The first kappa shape index (κ1) is 16.8. The molecule has 1 aromatic carbocycles. The molecule has 1 amide bonds. The smallest absolute Gasteiger partial charge is 0.299 e. The quantitative estimate of drug-likeness (QED) is 0.763. The van der Waals surface area contributed by atoms with Crippen LogP contribution in [0.2, 0.25) is 5.02 Å². The van der Waals surface area contributed by atoms with E-state index in [-0.39, 0.29) is 11.9 Å². The van der Waals surface area contributed by atoms with Crippen LogP contribution in [0, 0.1) is 0 Å². The van der Waals surface area contributed by atoms with E-state index >= 15 is 0 Å². The number of hydrogen-bond donors (Lipinski definition) is 1. The highest BCUT2D eigenvalue weighted by molar-refractivity contribution is 6.30. The van der Waals surface area contributed by atoms with Gasteiger partial charge in [-0.05, 0) is 42.7 Å². The van der Waals surface area contributed by atoms with Crippen molar-refractivity contribution >= 4 is 34.8 Å². The lowest BCUT2D eigenvalue weighted by Crippen LogP contribution is -2.45. The SMILES string of the molecule is O=C(Cc1cccc(Cl)c1)NC1CCN(c2nc3ncccc3o2)CC1. The third-order valence-electron chi connectivity index (χ3n) is 4.54. The number of hydrogen-bond acceptors (Lipinski definition) is 5. The van der Waals surface area contributed by atoms with Crippen LogP contribution in [0.15, 0.2) is 47.0 Å². The highest BCUT2D eigenvalue weighted by atomic mass is 35.5.